The van der Waals surface area contributed by atoms with E-state index in [1.807, 2.05) is 25.3 Å². The number of nitrogens with zero attached hydrogens (tertiary/aromatic N) is 3. The van der Waals surface area contributed by atoms with Crippen molar-refractivity contribution in [2.24, 2.45) is 0 Å². The third-order valence-corrected chi connectivity index (χ3v) is 3.17. The lowest BCUT2D eigenvalue weighted by molar-refractivity contribution is -0.384. The predicted molar refractivity (Wildman–Crippen MR) is 76.4 cm³/mol. The van der Waals surface area contributed by atoms with Gasteiger partial charge < -0.3 is 5.73 Å². The molecule has 3 rings (SSSR count). The Balaban J connectivity index is 2.30. The SMILES string of the molecule is Cc1ccn2c(N)c(-c3ccccc3[N+](=O)[O-])nc2c1. The first-order valence-corrected chi connectivity index (χ1v) is 6.06. The van der Waals surface area contributed by atoms with E-state index < -0.39 is 4.92 Å². The van der Waals surface area contributed by atoms with Gasteiger partial charge in [0.1, 0.15) is 17.2 Å². The van der Waals surface area contributed by atoms with E-state index in [4.69, 9.17) is 5.73 Å². The second-order valence-corrected chi connectivity index (χ2v) is 4.55. The van der Waals surface area contributed by atoms with Crippen LogP contribution in [0, 0.1) is 17.0 Å². The summed E-state index contributed by atoms with van der Waals surface area (Å²) in [4.78, 5) is 15.1. The molecule has 0 spiro atoms. The van der Waals surface area contributed by atoms with Crippen LogP contribution in [0.4, 0.5) is 11.5 Å². The summed E-state index contributed by atoms with van der Waals surface area (Å²) in [6, 6.07) is 10.3. The van der Waals surface area contributed by atoms with Gasteiger partial charge in [0.2, 0.25) is 0 Å². The molecule has 3 aromatic rings. The standard InChI is InChI=1S/C14H12N4O2/c1-9-6-7-17-12(8-9)16-13(14(17)15)10-4-2-3-5-11(10)18(19)20/h2-8H,15H2,1H3. The molecule has 0 unspecified atom stereocenters. The number of aryl methyl sites for hydroxylation is 1. The van der Waals surface area contributed by atoms with Crippen LogP contribution in [0.2, 0.25) is 0 Å². The molecule has 0 atom stereocenters. The van der Waals surface area contributed by atoms with E-state index in [9.17, 15) is 10.1 Å². The molecule has 0 saturated carbocycles. The van der Waals surface area contributed by atoms with E-state index >= 15 is 0 Å². The quantitative estimate of drug-likeness (QED) is 0.572. The number of fused-ring (bicyclic) bond motifs is 1. The molecule has 1 aromatic carbocycles. The van der Waals surface area contributed by atoms with Crippen molar-refractivity contribution >= 4 is 17.2 Å². The van der Waals surface area contributed by atoms with Gasteiger partial charge in [0.25, 0.3) is 5.69 Å². The second-order valence-electron chi connectivity index (χ2n) is 4.55. The first-order chi connectivity index (χ1) is 9.58. The largest absolute Gasteiger partial charge is 0.383 e. The molecule has 0 bridgehead atoms. The lowest BCUT2D eigenvalue weighted by Gasteiger charge is -2.01. The van der Waals surface area contributed by atoms with Gasteiger partial charge in [0, 0.05) is 12.3 Å². The van der Waals surface area contributed by atoms with Gasteiger partial charge in [-0.15, -0.1) is 0 Å². The zero-order chi connectivity index (χ0) is 14.3. The molecule has 6 heteroatoms. The topological polar surface area (TPSA) is 86.5 Å². The fraction of sp³-hybridized carbons (Fsp3) is 0.0714. The summed E-state index contributed by atoms with van der Waals surface area (Å²) in [6.07, 6.45) is 1.81. The molecule has 0 fully saturated rings. The van der Waals surface area contributed by atoms with Gasteiger partial charge in [0.05, 0.1) is 10.5 Å². The minimum Gasteiger partial charge on any atom is -0.383 e. The number of hydrogen-bond donors (Lipinski definition) is 1. The lowest BCUT2D eigenvalue weighted by atomic mass is 10.1. The van der Waals surface area contributed by atoms with E-state index in [0.717, 1.165) is 5.56 Å². The molecular weight excluding hydrogens is 256 g/mol. The Labute approximate surface area is 114 Å². The highest BCUT2D eigenvalue weighted by Gasteiger charge is 2.20. The summed E-state index contributed by atoms with van der Waals surface area (Å²) in [5.74, 6) is 0.398. The third-order valence-electron chi connectivity index (χ3n) is 3.17. The van der Waals surface area contributed by atoms with Crippen LogP contribution in [0.5, 0.6) is 0 Å². The van der Waals surface area contributed by atoms with Crippen molar-refractivity contribution < 1.29 is 4.92 Å². The molecule has 0 aliphatic heterocycles. The molecule has 0 amide bonds. The first-order valence-electron chi connectivity index (χ1n) is 6.06. The molecule has 20 heavy (non-hydrogen) atoms. The average Bonchev–Trinajstić information content (AvgIpc) is 2.75. The summed E-state index contributed by atoms with van der Waals surface area (Å²) < 4.78 is 1.72. The molecule has 2 N–H and O–H groups in total. The monoisotopic (exact) mass is 268 g/mol. The average molecular weight is 268 g/mol. The Kier molecular flexibility index (Phi) is 2.64. The number of nitrogen functional groups attached to an aromatic ring is 1. The lowest BCUT2D eigenvalue weighted by Crippen LogP contribution is -1.96. The predicted octanol–water partition coefficient (Wildman–Crippen LogP) is 2.80. The number of nitro benzene ring substituents is 1. The van der Waals surface area contributed by atoms with Crippen LogP contribution in [0.15, 0.2) is 42.6 Å². The number of benzene rings is 1. The second kappa shape index (κ2) is 4.34. The fourth-order valence-electron chi connectivity index (χ4n) is 2.20. The van der Waals surface area contributed by atoms with Crippen LogP contribution in [0.25, 0.3) is 16.9 Å². The van der Waals surface area contributed by atoms with Crippen LogP contribution < -0.4 is 5.73 Å². The van der Waals surface area contributed by atoms with Crippen molar-refractivity contribution in [3.05, 3.63) is 58.3 Å². The number of aromatic nitrogens is 2. The number of anilines is 1. The Morgan fingerprint density at radius 2 is 2.05 bits per heavy atom. The van der Waals surface area contributed by atoms with Crippen LogP contribution >= 0.6 is 0 Å². The number of imidazole rings is 1. The molecule has 2 heterocycles. The molecule has 0 aliphatic rings. The molecular formula is C14H12N4O2. The normalized spacial score (nSPS) is 10.8. The van der Waals surface area contributed by atoms with Gasteiger partial charge in [-0.2, -0.15) is 0 Å². The minimum atomic E-state index is -0.427. The van der Waals surface area contributed by atoms with Crippen molar-refractivity contribution in [2.45, 2.75) is 6.92 Å². The maximum Gasteiger partial charge on any atom is 0.278 e. The van der Waals surface area contributed by atoms with Crippen molar-refractivity contribution in [1.29, 1.82) is 0 Å². The van der Waals surface area contributed by atoms with E-state index in [0.29, 0.717) is 22.7 Å². The van der Waals surface area contributed by atoms with Crippen LogP contribution in [-0.4, -0.2) is 14.3 Å². The summed E-state index contributed by atoms with van der Waals surface area (Å²) in [7, 11) is 0. The van der Waals surface area contributed by atoms with Crippen LogP contribution in [0.3, 0.4) is 0 Å². The van der Waals surface area contributed by atoms with E-state index in [2.05, 4.69) is 4.98 Å². The van der Waals surface area contributed by atoms with Gasteiger partial charge in [-0.1, -0.05) is 12.1 Å². The molecule has 0 aliphatic carbocycles. The molecule has 6 nitrogen and oxygen atoms in total. The number of nitrogens with two attached hydrogens (primary N) is 1. The zero-order valence-corrected chi connectivity index (χ0v) is 10.8. The third kappa shape index (κ3) is 1.78. The van der Waals surface area contributed by atoms with Crippen molar-refractivity contribution in [3.63, 3.8) is 0 Å². The van der Waals surface area contributed by atoms with Gasteiger partial charge in [-0.05, 0) is 30.7 Å². The van der Waals surface area contributed by atoms with Gasteiger partial charge in [0.15, 0.2) is 0 Å². The number of hydrogen-bond acceptors (Lipinski definition) is 4. The highest BCUT2D eigenvalue weighted by molar-refractivity contribution is 5.80. The van der Waals surface area contributed by atoms with Crippen molar-refractivity contribution in [3.8, 4) is 11.3 Å². The van der Waals surface area contributed by atoms with E-state index in [1.165, 1.54) is 6.07 Å². The highest BCUT2D eigenvalue weighted by Crippen LogP contribution is 2.33. The molecule has 0 saturated heterocycles. The maximum absolute atomic E-state index is 11.1. The Morgan fingerprint density at radius 3 is 2.80 bits per heavy atom. The smallest absolute Gasteiger partial charge is 0.278 e. The molecule has 0 radical (unpaired) electrons. The minimum absolute atomic E-state index is 0.000622. The zero-order valence-electron chi connectivity index (χ0n) is 10.8. The summed E-state index contributed by atoms with van der Waals surface area (Å²) in [6.45, 7) is 1.95. The van der Waals surface area contributed by atoms with Crippen LogP contribution in [0.1, 0.15) is 5.56 Å². The number of pyridine rings is 1. The fourth-order valence-corrected chi connectivity index (χ4v) is 2.20. The van der Waals surface area contributed by atoms with Crippen LogP contribution in [-0.2, 0) is 0 Å². The molecule has 100 valence electrons. The number of nitro groups is 1. The Bertz CT molecular complexity index is 823. The first kappa shape index (κ1) is 12.2. The summed E-state index contributed by atoms with van der Waals surface area (Å²) >= 11 is 0. The van der Waals surface area contributed by atoms with Gasteiger partial charge in [-0.3, -0.25) is 14.5 Å². The molecule has 2 aromatic heterocycles. The Hall–Kier alpha value is -2.89. The number of para-hydroxylation sites is 1. The highest BCUT2D eigenvalue weighted by atomic mass is 16.6. The Morgan fingerprint density at radius 1 is 1.30 bits per heavy atom. The van der Waals surface area contributed by atoms with Gasteiger partial charge in [-0.25, -0.2) is 4.98 Å². The maximum atomic E-state index is 11.1. The summed E-state index contributed by atoms with van der Waals surface area (Å²) in [5, 5.41) is 11.1. The van der Waals surface area contributed by atoms with E-state index in [-0.39, 0.29) is 5.69 Å². The van der Waals surface area contributed by atoms with E-state index in [1.54, 1.807) is 22.6 Å². The van der Waals surface area contributed by atoms with Crippen molar-refractivity contribution in [2.75, 3.05) is 5.73 Å². The van der Waals surface area contributed by atoms with Crippen molar-refractivity contribution in [1.82, 2.24) is 9.38 Å². The van der Waals surface area contributed by atoms with Gasteiger partial charge >= 0.3 is 0 Å². The number of rotatable bonds is 2. The summed E-state index contributed by atoms with van der Waals surface area (Å²) in [5.41, 5.74) is 8.66.